The number of rotatable bonds is 7. The van der Waals surface area contributed by atoms with Crippen LogP contribution in [0, 0.1) is 23.3 Å². The Kier molecular flexibility index (Phi) is 6.44. The van der Waals surface area contributed by atoms with E-state index in [0.717, 1.165) is 24.3 Å². The van der Waals surface area contributed by atoms with Gasteiger partial charge in [-0.25, -0.2) is 0 Å². The Bertz CT molecular complexity index is 599. The largest absolute Gasteiger partial charge is 0.497 e. The Morgan fingerprint density at radius 2 is 2.38 bits per heavy atom. The molecule has 3 N–H and O–H groups in total. The molecule has 1 aliphatic heterocycles. The lowest BCUT2D eigenvalue weighted by molar-refractivity contribution is -0.134. The summed E-state index contributed by atoms with van der Waals surface area (Å²) < 4.78 is 5.22. The van der Waals surface area contributed by atoms with Crippen molar-refractivity contribution in [3.05, 3.63) is 29.8 Å². The number of ether oxygens (including phenoxy) is 1. The minimum absolute atomic E-state index is 0.131. The van der Waals surface area contributed by atoms with Crippen LogP contribution in [-0.4, -0.2) is 37.6 Å². The number of methoxy groups -OCH3 is 1. The topological polar surface area (TPSA) is 91.4 Å². The van der Waals surface area contributed by atoms with Crippen LogP contribution in [0.3, 0.4) is 0 Å². The first-order chi connectivity index (χ1) is 11.5. The fourth-order valence-electron chi connectivity index (χ4n) is 3.19. The number of hydrogen-bond donors (Lipinski definition) is 2. The highest BCUT2D eigenvalue weighted by molar-refractivity contribution is 5.78. The number of amides is 1. The summed E-state index contributed by atoms with van der Waals surface area (Å²) in [7, 11) is 1.63. The Morgan fingerprint density at radius 3 is 3.08 bits per heavy atom. The molecule has 2 rings (SSSR count). The molecule has 3 atom stereocenters. The van der Waals surface area contributed by atoms with E-state index in [1.807, 2.05) is 42.3 Å². The van der Waals surface area contributed by atoms with Gasteiger partial charge >= 0.3 is 0 Å². The normalized spacial score (nSPS) is 19.4. The van der Waals surface area contributed by atoms with Gasteiger partial charge in [-0.05, 0) is 36.5 Å². The van der Waals surface area contributed by atoms with Gasteiger partial charge in [-0.3, -0.25) is 4.79 Å². The van der Waals surface area contributed by atoms with Crippen molar-refractivity contribution in [2.45, 2.75) is 25.8 Å². The van der Waals surface area contributed by atoms with Crippen LogP contribution in [0.2, 0.25) is 0 Å². The number of carbonyl (C=O) groups excluding carboxylic acids is 1. The lowest BCUT2D eigenvalue weighted by Gasteiger charge is -2.23. The zero-order valence-electron chi connectivity index (χ0n) is 14.4. The molecule has 1 fully saturated rings. The zero-order valence-corrected chi connectivity index (χ0v) is 14.4. The maximum atomic E-state index is 12.6. The van der Waals surface area contributed by atoms with Crippen LogP contribution in [0.5, 0.6) is 5.75 Å². The Labute approximate surface area is 143 Å². The van der Waals surface area contributed by atoms with Crippen LogP contribution in [-0.2, 0) is 4.79 Å². The molecule has 1 aliphatic rings. The average molecular weight is 330 g/mol. The molecule has 0 bridgehead atoms. The molecule has 6 nitrogen and oxygen atoms in total. The highest BCUT2D eigenvalue weighted by atomic mass is 16.5. The van der Waals surface area contributed by atoms with E-state index in [2.05, 4.69) is 5.32 Å². The summed E-state index contributed by atoms with van der Waals surface area (Å²) >= 11 is 0. The number of nitriles is 1. The molecule has 0 spiro atoms. The minimum atomic E-state index is -0.197. The maximum absolute atomic E-state index is 12.6. The predicted octanol–water partition coefficient (Wildman–Crippen LogP) is 1.64. The molecule has 0 aliphatic carbocycles. The second-order valence-corrected chi connectivity index (χ2v) is 6.45. The van der Waals surface area contributed by atoms with Crippen molar-refractivity contribution >= 4 is 5.91 Å². The number of benzene rings is 1. The van der Waals surface area contributed by atoms with Crippen LogP contribution in [0.1, 0.15) is 31.4 Å². The summed E-state index contributed by atoms with van der Waals surface area (Å²) in [4.78, 5) is 14.5. The van der Waals surface area contributed by atoms with E-state index in [1.165, 1.54) is 0 Å². The fraction of sp³-hybridized carbons (Fsp3) is 0.556. The second kappa shape index (κ2) is 8.55. The summed E-state index contributed by atoms with van der Waals surface area (Å²) in [6.45, 7) is 4.04. The molecule has 1 heterocycles. The summed E-state index contributed by atoms with van der Waals surface area (Å²) in [5, 5.41) is 11.2. The van der Waals surface area contributed by atoms with E-state index in [-0.39, 0.29) is 17.9 Å². The van der Waals surface area contributed by atoms with Crippen molar-refractivity contribution in [1.29, 1.82) is 5.26 Å². The first-order valence-electron chi connectivity index (χ1n) is 8.35. The van der Waals surface area contributed by atoms with Crippen molar-refractivity contribution in [2.75, 3.05) is 26.7 Å². The summed E-state index contributed by atoms with van der Waals surface area (Å²) in [6.07, 6.45) is 3.48. The maximum Gasteiger partial charge on any atom is 0.225 e. The lowest BCUT2D eigenvalue weighted by Crippen LogP contribution is -2.35. The molecule has 0 radical (unpaired) electrons. The van der Waals surface area contributed by atoms with Gasteiger partial charge in [0.25, 0.3) is 0 Å². The number of carbonyl (C=O) groups is 1. The van der Waals surface area contributed by atoms with Crippen molar-refractivity contribution in [1.82, 2.24) is 10.2 Å². The van der Waals surface area contributed by atoms with Gasteiger partial charge in [-0.2, -0.15) is 5.26 Å². The predicted molar refractivity (Wildman–Crippen MR) is 92.0 cm³/mol. The Morgan fingerprint density at radius 1 is 1.58 bits per heavy atom. The highest BCUT2D eigenvalue weighted by Gasteiger charge is 2.29. The van der Waals surface area contributed by atoms with E-state index in [0.29, 0.717) is 25.4 Å². The molecular weight excluding hydrogens is 304 g/mol. The van der Waals surface area contributed by atoms with Crippen LogP contribution in [0.4, 0.5) is 0 Å². The third-order valence-corrected chi connectivity index (χ3v) is 4.62. The van der Waals surface area contributed by atoms with E-state index in [1.54, 1.807) is 7.11 Å². The SMILES string of the molecule is COc1cccc(C(N)CC(C)C(=O)N2CC[C@H](CNC#N)C2)c1. The van der Waals surface area contributed by atoms with Crippen molar-refractivity contribution in [2.24, 2.45) is 17.6 Å². The summed E-state index contributed by atoms with van der Waals surface area (Å²) in [6, 6.07) is 7.47. The van der Waals surface area contributed by atoms with E-state index in [4.69, 9.17) is 15.7 Å². The van der Waals surface area contributed by atoms with Gasteiger partial charge in [0.1, 0.15) is 5.75 Å². The Balaban J connectivity index is 1.88. The highest BCUT2D eigenvalue weighted by Crippen LogP contribution is 2.25. The first-order valence-corrected chi connectivity index (χ1v) is 8.35. The molecule has 0 aromatic heterocycles. The van der Waals surface area contributed by atoms with Crippen LogP contribution >= 0.6 is 0 Å². The summed E-state index contributed by atoms with van der Waals surface area (Å²) in [5.41, 5.74) is 7.25. The number of nitrogens with one attached hydrogen (secondary N) is 1. The summed E-state index contributed by atoms with van der Waals surface area (Å²) in [5.74, 6) is 1.14. The van der Waals surface area contributed by atoms with Crippen molar-refractivity contribution < 1.29 is 9.53 Å². The lowest BCUT2D eigenvalue weighted by atomic mass is 9.95. The smallest absolute Gasteiger partial charge is 0.225 e. The molecule has 0 saturated carbocycles. The second-order valence-electron chi connectivity index (χ2n) is 6.45. The average Bonchev–Trinajstić information content (AvgIpc) is 3.08. The molecule has 1 aromatic rings. The van der Waals surface area contributed by atoms with Gasteiger partial charge in [0.05, 0.1) is 7.11 Å². The van der Waals surface area contributed by atoms with Gasteiger partial charge in [-0.15, -0.1) is 0 Å². The zero-order chi connectivity index (χ0) is 17.5. The third kappa shape index (κ3) is 4.62. The quantitative estimate of drug-likeness (QED) is 0.586. The number of nitrogens with two attached hydrogens (primary N) is 1. The van der Waals surface area contributed by atoms with Gasteiger partial charge in [0, 0.05) is 31.6 Å². The molecular formula is C18H26N4O2. The van der Waals surface area contributed by atoms with E-state index >= 15 is 0 Å². The number of nitrogens with zero attached hydrogens (tertiary/aromatic N) is 2. The monoisotopic (exact) mass is 330 g/mol. The standard InChI is InChI=1S/C18H26N4O2/c1-13(8-17(20)15-4-3-5-16(9-15)24-2)18(23)22-7-6-14(11-22)10-21-12-19/h3-5,9,13-14,17,21H,6-8,10-11,20H2,1-2H3/t13?,14-,17?/m1/s1. The molecule has 130 valence electrons. The van der Waals surface area contributed by atoms with Gasteiger partial charge in [-0.1, -0.05) is 19.1 Å². The molecule has 6 heteroatoms. The minimum Gasteiger partial charge on any atom is -0.497 e. The van der Waals surface area contributed by atoms with Crippen LogP contribution in [0.15, 0.2) is 24.3 Å². The van der Waals surface area contributed by atoms with Crippen molar-refractivity contribution in [3.63, 3.8) is 0 Å². The molecule has 2 unspecified atom stereocenters. The van der Waals surface area contributed by atoms with Gasteiger partial charge in [0.2, 0.25) is 5.91 Å². The number of hydrogen-bond acceptors (Lipinski definition) is 5. The molecule has 1 saturated heterocycles. The van der Waals surface area contributed by atoms with Gasteiger partial charge < -0.3 is 20.7 Å². The molecule has 1 aromatic carbocycles. The van der Waals surface area contributed by atoms with Crippen molar-refractivity contribution in [3.8, 4) is 11.9 Å². The third-order valence-electron chi connectivity index (χ3n) is 4.62. The van der Waals surface area contributed by atoms with Crippen LogP contribution in [0.25, 0.3) is 0 Å². The first kappa shape index (κ1) is 18.1. The molecule has 24 heavy (non-hydrogen) atoms. The van der Waals surface area contributed by atoms with E-state index in [9.17, 15) is 4.79 Å². The molecule has 1 amide bonds. The van der Waals surface area contributed by atoms with Crippen LogP contribution < -0.4 is 15.8 Å². The van der Waals surface area contributed by atoms with Gasteiger partial charge in [0.15, 0.2) is 6.19 Å². The fourth-order valence-corrected chi connectivity index (χ4v) is 3.19. The van der Waals surface area contributed by atoms with E-state index < -0.39 is 0 Å². The Hall–Kier alpha value is -2.26. The number of likely N-dealkylation sites (tertiary alicyclic amines) is 1.